The molecule has 0 amide bonds. The molecule has 0 aromatic carbocycles. The van der Waals surface area contributed by atoms with Gasteiger partial charge < -0.3 is 5.32 Å². The summed E-state index contributed by atoms with van der Waals surface area (Å²) in [4.78, 5) is 4.27. The molecule has 0 aliphatic carbocycles. The van der Waals surface area contributed by atoms with Crippen molar-refractivity contribution in [3.8, 4) is 0 Å². The van der Waals surface area contributed by atoms with Gasteiger partial charge in [0, 0.05) is 30.4 Å². The molecule has 1 N–H and O–H groups in total. The summed E-state index contributed by atoms with van der Waals surface area (Å²) in [6, 6.07) is 2.25. The lowest BCUT2D eigenvalue weighted by Gasteiger charge is -2.11. The highest BCUT2D eigenvalue weighted by atomic mass is 32.1. The van der Waals surface area contributed by atoms with Crippen LogP contribution < -0.4 is 5.32 Å². The largest absolute Gasteiger partial charge is 0.307 e. The number of hydrogen-bond acceptors (Lipinski definition) is 4. The monoisotopic (exact) mass is 222 g/mol. The zero-order valence-electron chi connectivity index (χ0n) is 8.63. The summed E-state index contributed by atoms with van der Waals surface area (Å²) >= 11 is 1.63. The first-order valence-corrected chi connectivity index (χ1v) is 5.89. The summed E-state index contributed by atoms with van der Waals surface area (Å²) in [7, 11) is 0. The molecule has 2 heterocycles. The first-order valence-electron chi connectivity index (χ1n) is 4.95. The van der Waals surface area contributed by atoms with E-state index in [9.17, 15) is 0 Å². The molecular weight excluding hydrogens is 208 g/mol. The maximum absolute atomic E-state index is 4.27. The Balaban J connectivity index is 1.74. The molecule has 15 heavy (non-hydrogen) atoms. The van der Waals surface area contributed by atoms with E-state index in [-0.39, 0.29) is 0 Å². The molecule has 0 aliphatic rings. The van der Waals surface area contributed by atoms with Crippen molar-refractivity contribution in [1.29, 1.82) is 0 Å². The van der Waals surface area contributed by atoms with Crippen molar-refractivity contribution in [3.05, 3.63) is 35.0 Å². The molecule has 2 aromatic rings. The third kappa shape index (κ3) is 2.87. The summed E-state index contributed by atoms with van der Waals surface area (Å²) in [5.74, 6) is 0. The smallest absolute Gasteiger partial charge is 0.0795 e. The van der Waals surface area contributed by atoms with Crippen LogP contribution in [0.5, 0.6) is 0 Å². The Bertz CT molecular complexity index is 368. The van der Waals surface area contributed by atoms with Gasteiger partial charge in [-0.2, -0.15) is 5.10 Å². The molecule has 0 saturated heterocycles. The summed E-state index contributed by atoms with van der Waals surface area (Å²) < 4.78 is 1.92. The second-order valence-corrected chi connectivity index (χ2v) is 4.08. The Labute approximate surface area is 93.0 Å². The zero-order valence-corrected chi connectivity index (χ0v) is 9.44. The van der Waals surface area contributed by atoms with E-state index >= 15 is 0 Å². The van der Waals surface area contributed by atoms with Crippen LogP contribution in [0, 0.1) is 0 Å². The molecule has 0 radical (unpaired) electrons. The van der Waals surface area contributed by atoms with Crippen LogP contribution >= 0.6 is 11.3 Å². The van der Waals surface area contributed by atoms with Gasteiger partial charge >= 0.3 is 0 Å². The number of aromatic nitrogens is 3. The second kappa shape index (κ2) is 5.04. The maximum Gasteiger partial charge on any atom is 0.0795 e. The van der Waals surface area contributed by atoms with Crippen molar-refractivity contribution in [1.82, 2.24) is 20.1 Å². The van der Waals surface area contributed by atoms with Crippen molar-refractivity contribution in [2.75, 3.05) is 6.54 Å². The minimum absolute atomic E-state index is 0.312. The molecule has 80 valence electrons. The third-order valence-corrected chi connectivity index (χ3v) is 2.85. The van der Waals surface area contributed by atoms with Crippen LogP contribution in [0.3, 0.4) is 0 Å². The van der Waals surface area contributed by atoms with Gasteiger partial charge in [0.2, 0.25) is 0 Å². The Morgan fingerprint density at radius 1 is 1.60 bits per heavy atom. The molecule has 0 bridgehead atoms. The molecule has 0 aliphatic heterocycles. The average molecular weight is 222 g/mol. The Morgan fingerprint density at radius 3 is 3.20 bits per heavy atom. The summed E-state index contributed by atoms with van der Waals surface area (Å²) in [5, 5.41) is 9.62. The number of nitrogens with zero attached hydrogens (tertiary/aromatic N) is 3. The van der Waals surface area contributed by atoms with Gasteiger partial charge in [-0.1, -0.05) is 0 Å². The lowest BCUT2D eigenvalue weighted by Crippen LogP contribution is -2.23. The fourth-order valence-electron chi connectivity index (χ4n) is 1.37. The van der Waals surface area contributed by atoms with E-state index in [0.717, 1.165) is 18.8 Å². The molecule has 0 spiro atoms. The second-order valence-electron chi connectivity index (χ2n) is 3.36. The van der Waals surface area contributed by atoms with Gasteiger partial charge in [-0.25, -0.2) is 4.98 Å². The van der Waals surface area contributed by atoms with Gasteiger partial charge in [0.15, 0.2) is 0 Å². The van der Waals surface area contributed by atoms with Crippen molar-refractivity contribution in [2.24, 2.45) is 0 Å². The van der Waals surface area contributed by atoms with Crippen LogP contribution in [0.1, 0.15) is 18.7 Å². The quantitative estimate of drug-likeness (QED) is 0.837. The summed E-state index contributed by atoms with van der Waals surface area (Å²) in [5.41, 5.74) is 2.97. The molecule has 0 saturated carbocycles. The van der Waals surface area contributed by atoms with Gasteiger partial charge in [0.1, 0.15) is 0 Å². The molecule has 1 unspecified atom stereocenters. The van der Waals surface area contributed by atoms with Crippen LogP contribution in [0.4, 0.5) is 0 Å². The minimum atomic E-state index is 0.312. The Morgan fingerprint density at radius 2 is 2.53 bits per heavy atom. The van der Waals surface area contributed by atoms with Crippen LogP contribution in [0.15, 0.2) is 29.4 Å². The van der Waals surface area contributed by atoms with Gasteiger partial charge in [-0.3, -0.25) is 4.68 Å². The standard InChI is InChI=1S/C10H14N4S/c1-9(10-7-15-8-12-10)11-4-6-14-5-2-3-13-14/h2-3,5,7-9,11H,4,6H2,1H3. The van der Waals surface area contributed by atoms with Gasteiger partial charge in [-0.05, 0) is 13.0 Å². The highest BCUT2D eigenvalue weighted by Crippen LogP contribution is 2.11. The van der Waals surface area contributed by atoms with E-state index in [1.165, 1.54) is 0 Å². The molecule has 2 aromatic heterocycles. The molecular formula is C10H14N4S. The number of rotatable bonds is 5. The Hall–Kier alpha value is -1.20. The fraction of sp³-hybridized carbons (Fsp3) is 0.400. The van der Waals surface area contributed by atoms with E-state index in [4.69, 9.17) is 0 Å². The first-order chi connectivity index (χ1) is 7.36. The highest BCUT2D eigenvalue weighted by Gasteiger charge is 2.05. The number of thiazole rings is 1. The van der Waals surface area contributed by atoms with Crippen molar-refractivity contribution < 1.29 is 0 Å². The molecule has 5 heteroatoms. The lowest BCUT2D eigenvalue weighted by atomic mass is 10.2. The van der Waals surface area contributed by atoms with Crippen LogP contribution in [0.25, 0.3) is 0 Å². The first kappa shape index (κ1) is 10.3. The van der Waals surface area contributed by atoms with Crippen LogP contribution in [-0.4, -0.2) is 21.3 Å². The van der Waals surface area contributed by atoms with Gasteiger partial charge in [0.05, 0.1) is 17.7 Å². The van der Waals surface area contributed by atoms with Crippen molar-refractivity contribution in [2.45, 2.75) is 19.5 Å². The zero-order chi connectivity index (χ0) is 10.5. The van der Waals surface area contributed by atoms with E-state index in [1.807, 2.05) is 22.5 Å². The molecule has 1 atom stereocenters. The van der Waals surface area contributed by atoms with E-state index in [0.29, 0.717) is 6.04 Å². The van der Waals surface area contributed by atoms with Crippen molar-refractivity contribution in [3.63, 3.8) is 0 Å². The maximum atomic E-state index is 4.27. The lowest BCUT2D eigenvalue weighted by molar-refractivity contribution is 0.502. The van der Waals surface area contributed by atoms with Gasteiger partial charge in [0.25, 0.3) is 0 Å². The van der Waals surface area contributed by atoms with Crippen LogP contribution in [-0.2, 0) is 6.54 Å². The third-order valence-electron chi connectivity index (χ3n) is 2.25. The highest BCUT2D eigenvalue weighted by molar-refractivity contribution is 7.07. The minimum Gasteiger partial charge on any atom is -0.307 e. The summed E-state index contributed by atoms with van der Waals surface area (Å²) in [6.07, 6.45) is 3.76. The summed E-state index contributed by atoms with van der Waals surface area (Å²) in [6.45, 7) is 3.92. The fourth-order valence-corrected chi connectivity index (χ4v) is 2.02. The van der Waals surface area contributed by atoms with Crippen molar-refractivity contribution >= 4 is 11.3 Å². The normalized spacial score (nSPS) is 12.9. The molecule has 4 nitrogen and oxygen atoms in total. The molecule has 0 fully saturated rings. The van der Waals surface area contributed by atoms with Crippen LogP contribution in [0.2, 0.25) is 0 Å². The predicted molar refractivity (Wildman–Crippen MR) is 60.8 cm³/mol. The molecule has 2 rings (SSSR count). The Kier molecular flexibility index (Phi) is 3.47. The topological polar surface area (TPSA) is 42.7 Å². The van der Waals surface area contributed by atoms with E-state index in [1.54, 1.807) is 17.5 Å². The van der Waals surface area contributed by atoms with Gasteiger partial charge in [-0.15, -0.1) is 11.3 Å². The average Bonchev–Trinajstić information content (AvgIpc) is 2.90. The number of hydrogen-bond donors (Lipinski definition) is 1. The SMILES string of the molecule is CC(NCCn1cccn1)c1cscn1. The van der Waals surface area contributed by atoms with E-state index in [2.05, 4.69) is 27.7 Å². The van der Waals surface area contributed by atoms with E-state index < -0.39 is 0 Å². The number of nitrogens with one attached hydrogen (secondary N) is 1. The predicted octanol–water partition coefficient (Wildman–Crippen LogP) is 1.69.